The zero-order valence-corrected chi connectivity index (χ0v) is 17.7. The van der Waals surface area contributed by atoms with Gasteiger partial charge in [0.2, 0.25) is 0 Å². The molecule has 0 unspecified atom stereocenters. The molecule has 160 valence electrons. The summed E-state index contributed by atoms with van der Waals surface area (Å²) in [5, 5.41) is 0.832. The van der Waals surface area contributed by atoms with Crippen LogP contribution in [0.2, 0.25) is 5.02 Å². The maximum atomic E-state index is 12.8. The van der Waals surface area contributed by atoms with Crippen LogP contribution in [0.15, 0.2) is 41.2 Å². The molecule has 2 aromatic carbocycles. The van der Waals surface area contributed by atoms with E-state index in [-0.39, 0.29) is 16.7 Å². The van der Waals surface area contributed by atoms with Crippen molar-refractivity contribution in [3.05, 3.63) is 68.7 Å². The molecule has 0 spiro atoms. The zero-order chi connectivity index (χ0) is 22.0. The molecule has 2 N–H and O–H groups in total. The number of nitrogens with zero attached hydrogens (tertiary/aromatic N) is 2. The van der Waals surface area contributed by atoms with Crippen molar-refractivity contribution >= 4 is 34.3 Å². The molecule has 31 heavy (non-hydrogen) atoms. The highest BCUT2D eigenvalue weighted by atomic mass is 35.5. The maximum Gasteiger partial charge on any atom is 0.273 e. The molecule has 0 bridgehead atoms. The smallest absolute Gasteiger partial charge is 0.273 e. The van der Waals surface area contributed by atoms with E-state index >= 15 is 0 Å². The number of nitrogens with one attached hydrogen (secondary N) is 2. The molecule has 0 saturated heterocycles. The van der Waals surface area contributed by atoms with Gasteiger partial charge in [-0.15, -0.1) is 0 Å². The number of fused-ring (bicyclic) bond motifs is 2. The number of ether oxygens (including phenoxy) is 1. The molecular weight excluding hydrogens is 420 g/mol. The third-order valence-corrected chi connectivity index (χ3v) is 5.51. The van der Waals surface area contributed by atoms with Crippen LogP contribution in [0.4, 0.5) is 0 Å². The van der Waals surface area contributed by atoms with E-state index in [1.165, 1.54) is 19.2 Å². The third-order valence-electron chi connectivity index (χ3n) is 5.27. The van der Waals surface area contributed by atoms with Gasteiger partial charge in [-0.3, -0.25) is 29.8 Å². The van der Waals surface area contributed by atoms with E-state index in [1.54, 1.807) is 28.8 Å². The Morgan fingerprint density at radius 1 is 1.06 bits per heavy atom. The molecule has 9 heteroatoms. The van der Waals surface area contributed by atoms with Crippen LogP contribution >= 0.6 is 11.6 Å². The van der Waals surface area contributed by atoms with Crippen LogP contribution in [-0.4, -0.2) is 28.5 Å². The lowest BCUT2D eigenvalue weighted by atomic mass is 10.1. The number of methoxy groups -OCH3 is 1. The van der Waals surface area contributed by atoms with Gasteiger partial charge in [0.25, 0.3) is 17.4 Å². The third kappa shape index (κ3) is 4.25. The highest BCUT2D eigenvalue weighted by molar-refractivity contribution is 6.31. The van der Waals surface area contributed by atoms with E-state index in [4.69, 9.17) is 16.3 Å². The standard InChI is InChI=1S/C22H21ClN4O4/c1-31-18-9-7-14(23)12-16(18)21(29)26-25-20(28)13-6-8-15-17(11-13)24-19-5-3-2-4-10-27(19)22(15)30/h6-9,11-12H,2-5,10H2,1H3,(H,25,28)(H,26,29). The van der Waals surface area contributed by atoms with Gasteiger partial charge < -0.3 is 4.74 Å². The summed E-state index contributed by atoms with van der Waals surface area (Å²) in [7, 11) is 1.43. The van der Waals surface area contributed by atoms with Gasteiger partial charge in [-0.25, -0.2) is 4.98 Å². The minimum atomic E-state index is -0.574. The second-order valence-electron chi connectivity index (χ2n) is 7.28. The quantitative estimate of drug-likeness (QED) is 0.610. The van der Waals surface area contributed by atoms with Gasteiger partial charge in [-0.2, -0.15) is 0 Å². The highest BCUT2D eigenvalue weighted by Gasteiger charge is 2.17. The van der Waals surface area contributed by atoms with E-state index < -0.39 is 11.8 Å². The summed E-state index contributed by atoms with van der Waals surface area (Å²) in [5.41, 5.74) is 5.56. The number of halogens is 1. The number of hydrogen-bond acceptors (Lipinski definition) is 5. The van der Waals surface area contributed by atoms with Crippen molar-refractivity contribution < 1.29 is 14.3 Å². The molecule has 3 aromatic rings. The highest BCUT2D eigenvalue weighted by Crippen LogP contribution is 2.22. The molecule has 2 amide bonds. The summed E-state index contributed by atoms with van der Waals surface area (Å²) in [5.74, 6) is -0.0376. The van der Waals surface area contributed by atoms with E-state index in [2.05, 4.69) is 15.8 Å². The minimum absolute atomic E-state index is 0.0878. The van der Waals surface area contributed by atoms with Gasteiger partial charge in [-0.1, -0.05) is 18.0 Å². The minimum Gasteiger partial charge on any atom is -0.496 e. The topological polar surface area (TPSA) is 102 Å². The molecule has 0 fully saturated rings. The van der Waals surface area contributed by atoms with Crippen molar-refractivity contribution in [2.45, 2.75) is 32.2 Å². The van der Waals surface area contributed by atoms with Crippen LogP contribution in [0.25, 0.3) is 10.9 Å². The summed E-state index contributed by atoms with van der Waals surface area (Å²) in [6, 6.07) is 9.30. The number of hydrazine groups is 1. The SMILES string of the molecule is COc1ccc(Cl)cc1C(=O)NNC(=O)c1ccc2c(=O)n3c(nc2c1)CCCCC3. The van der Waals surface area contributed by atoms with Crippen molar-refractivity contribution in [2.75, 3.05) is 7.11 Å². The zero-order valence-electron chi connectivity index (χ0n) is 16.9. The molecule has 1 aromatic heterocycles. The fourth-order valence-corrected chi connectivity index (χ4v) is 3.84. The summed E-state index contributed by atoms with van der Waals surface area (Å²) in [6.45, 7) is 0.665. The summed E-state index contributed by atoms with van der Waals surface area (Å²) in [6.07, 6.45) is 3.73. The Morgan fingerprint density at radius 2 is 1.87 bits per heavy atom. The predicted molar refractivity (Wildman–Crippen MR) is 116 cm³/mol. The van der Waals surface area contributed by atoms with Gasteiger partial charge in [0.1, 0.15) is 11.6 Å². The Labute approximate surface area is 183 Å². The van der Waals surface area contributed by atoms with E-state index in [1.807, 2.05) is 0 Å². The number of aromatic nitrogens is 2. The summed E-state index contributed by atoms with van der Waals surface area (Å²) >= 11 is 5.95. The largest absolute Gasteiger partial charge is 0.496 e. The van der Waals surface area contributed by atoms with Crippen LogP contribution in [-0.2, 0) is 13.0 Å². The maximum absolute atomic E-state index is 12.8. The second kappa shape index (κ2) is 8.77. The van der Waals surface area contributed by atoms with E-state index in [9.17, 15) is 14.4 Å². The van der Waals surface area contributed by atoms with Gasteiger partial charge in [-0.05, 0) is 49.2 Å². The van der Waals surface area contributed by atoms with Crippen LogP contribution < -0.4 is 21.1 Å². The van der Waals surface area contributed by atoms with Crippen molar-refractivity contribution in [3.8, 4) is 5.75 Å². The average molecular weight is 441 g/mol. The first kappa shape index (κ1) is 20.9. The molecule has 0 aliphatic carbocycles. The molecule has 4 rings (SSSR count). The Hall–Kier alpha value is -3.39. The summed E-state index contributed by atoms with van der Waals surface area (Å²) in [4.78, 5) is 42.5. The van der Waals surface area contributed by atoms with Crippen LogP contribution in [0.5, 0.6) is 5.75 Å². The van der Waals surface area contributed by atoms with Gasteiger partial charge in [0, 0.05) is 23.6 Å². The van der Waals surface area contributed by atoms with Crippen molar-refractivity contribution in [2.24, 2.45) is 0 Å². The Bertz CT molecular complexity index is 1240. The summed E-state index contributed by atoms with van der Waals surface area (Å²) < 4.78 is 6.88. The number of amides is 2. The molecule has 8 nitrogen and oxygen atoms in total. The van der Waals surface area contributed by atoms with Crippen LogP contribution in [0.3, 0.4) is 0 Å². The lowest BCUT2D eigenvalue weighted by Gasteiger charge is -2.12. The first-order valence-electron chi connectivity index (χ1n) is 9.95. The van der Waals surface area contributed by atoms with E-state index in [0.717, 1.165) is 31.5 Å². The first-order valence-corrected chi connectivity index (χ1v) is 10.3. The molecule has 0 saturated carbocycles. The number of aryl methyl sites for hydroxylation is 1. The predicted octanol–water partition coefficient (Wildman–Crippen LogP) is 2.86. The number of carbonyl (C=O) groups excluding carboxylic acids is 2. The van der Waals surface area contributed by atoms with Gasteiger partial charge in [0.15, 0.2) is 0 Å². The van der Waals surface area contributed by atoms with Crippen molar-refractivity contribution in [1.29, 1.82) is 0 Å². The normalized spacial score (nSPS) is 13.2. The Morgan fingerprint density at radius 3 is 2.68 bits per heavy atom. The molecule has 1 aliphatic heterocycles. The molecule has 0 atom stereocenters. The average Bonchev–Trinajstić information content (AvgIpc) is 3.02. The number of hydrogen-bond donors (Lipinski definition) is 2. The van der Waals surface area contributed by atoms with Crippen LogP contribution in [0.1, 0.15) is 45.8 Å². The molecule has 2 heterocycles. The molecule has 1 aliphatic rings. The van der Waals surface area contributed by atoms with Gasteiger partial charge in [0.05, 0.1) is 23.6 Å². The number of rotatable bonds is 3. The number of benzene rings is 2. The fraction of sp³-hybridized carbons (Fsp3) is 0.273. The van der Waals surface area contributed by atoms with Gasteiger partial charge >= 0.3 is 0 Å². The lowest BCUT2D eigenvalue weighted by molar-refractivity contribution is 0.0845. The molecular formula is C22H21ClN4O4. The Kier molecular flexibility index (Phi) is 5.90. The van der Waals surface area contributed by atoms with E-state index in [0.29, 0.717) is 28.2 Å². The second-order valence-corrected chi connectivity index (χ2v) is 7.72. The van der Waals surface area contributed by atoms with Crippen molar-refractivity contribution in [1.82, 2.24) is 20.4 Å². The number of carbonyl (C=O) groups is 2. The molecule has 0 radical (unpaired) electrons. The monoisotopic (exact) mass is 440 g/mol. The lowest BCUT2D eigenvalue weighted by Crippen LogP contribution is -2.41. The van der Waals surface area contributed by atoms with Crippen LogP contribution in [0, 0.1) is 0 Å². The Balaban J connectivity index is 1.55. The fourth-order valence-electron chi connectivity index (χ4n) is 3.67. The first-order chi connectivity index (χ1) is 15.0. The van der Waals surface area contributed by atoms with Crippen molar-refractivity contribution in [3.63, 3.8) is 0 Å².